The first-order valence-electron chi connectivity index (χ1n) is 12.3. The van der Waals surface area contributed by atoms with Gasteiger partial charge in [-0.3, -0.25) is 0 Å². The Kier molecular flexibility index (Phi) is 5.32. The van der Waals surface area contributed by atoms with E-state index in [2.05, 4.69) is 128 Å². The second kappa shape index (κ2) is 7.53. The number of hydrogen-bond donors (Lipinski definition) is 0. The molecular formula is C30H38NbSi2. The van der Waals surface area contributed by atoms with E-state index < -0.39 is 33.3 Å². The molecule has 2 atom stereocenters. The molecule has 33 heavy (non-hydrogen) atoms. The van der Waals surface area contributed by atoms with Gasteiger partial charge in [-0.2, -0.15) is 0 Å². The van der Waals surface area contributed by atoms with Crippen LogP contribution in [0.4, 0.5) is 0 Å². The van der Waals surface area contributed by atoms with Crippen LogP contribution < -0.4 is 0 Å². The summed E-state index contributed by atoms with van der Waals surface area (Å²) in [7, 11) is -2.91. The fourth-order valence-corrected chi connectivity index (χ4v) is 32.5. The van der Waals surface area contributed by atoms with Crippen molar-refractivity contribution < 1.29 is 17.1 Å². The average molecular weight is 548 g/mol. The molecular weight excluding hydrogens is 509 g/mol. The van der Waals surface area contributed by atoms with Crippen LogP contribution >= 0.6 is 0 Å². The van der Waals surface area contributed by atoms with E-state index in [1.54, 1.807) is 16.3 Å². The van der Waals surface area contributed by atoms with Gasteiger partial charge in [0, 0.05) is 0 Å². The quantitative estimate of drug-likeness (QED) is 0.285. The molecule has 0 bridgehead atoms. The summed E-state index contributed by atoms with van der Waals surface area (Å²) in [6, 6.07) is 23.2. The van der Waals surface area contributed by atoms with Crippen molar-refractivity contribution in [3.05, 3.63) is 95.2 Å². The Bertz CT molecular complexity index is 1320. The standard InChI is InChI=1S/C17H11.C11H21Si2.2CH3.Nb/c1-3-7-15-12(5-1)9-10-14-11-13-6-2-4-8-16(13)17(14)15;1-12(2,3)10-7-8-11(9-10)13(4,5)6;;;/h1-11H;7-9H,1-6H3;2*1H3;. The van der Waals surface area contributed by atoms with Crippen molar-refractivity contribution in [2.75, 3.05) is 0 Å². The van der Waals surface area contributed by atoms with Crippen LogP contribution in [0.25, 0.3) is 21.9 Å². The molecule has 0 amide bonds. The minimum atomic E-state index is -2.78. The van der Waals surface area contributed by atoms with Crippen LogP contribution in [0.3, 0.4) is 0 Å². The molecule has 171 valence electrons. The summed E-state index contributed by atoms with van der Waals surface area (Å²) < 4.78 is 0.889. The maximum absolute atomic E-state index is 2.83. The molecule has 0 nitrogen and oxygen atoms in total. The number of rotatable bonds is 4. The first kappa shape index (κ1) is 23.3. The van der Waals surface area contributed by atoms with Crippen molar-refractivity contribution in [3.63, 3.8) is 0 Å². The van der Waals surface area contributed by atoms with Crippen molar-refractivity contribution in [2.45, 2.75) is 57.0 Å². The molecule has 3 heteroatoms. The molecule has 2 unspecified atom stereocenters. The van der Waals surface area contributed by atoms with E-state index in [4.69, 9.17) is 0 Å². The van der Waals surface area contributed by atoms with E-state index >= 15 is 0 Å². The third kappa shape index (κ3) is 3.33. The Balaban J connectivity index is 1.80. The average Bonchev–Trinajstić information content (AvgIpc) is 3.35. The third-order valence-corrected chi connectivity index (χ3v) is 31.4. The second-order valence-corrected chi connectivity index (χ2v) is 34.7. The van der Waals surface area contributed by atoms with Gasteiger partial charge in [0.1, 0.15) is 0 Å². The van der Waals surface area contributed by atoms with E-state index in [1.807, 2.05) is 0 Å². The molecule has 0 aliphatic heterocycles. The van der Waals surface area contributed by atoms with Gasteiger partial charge in [0.15, 0.2) is 0 Å². The summed E-state index contributed by atoms with van der Waals surface area (Å²) in [5.41, 5.74) is 6.20. The van der Waals surface area contributed by atoms with Crippen LogP contribution in [0.1, 0.15) is 15.3 Å². The van der Waals surface area contributed by atoms with Crippen molar-refractivity contribution >= 4 is 26.9 Å². The van der Waals surface area contributed by atoms with E-state index in [0.29, 0.717) is 7.39 Å². The zero-order chi connectivity index (χ0) is 23.8. The molecule has 0 heterocycles. The van der Waals surface area contributed by atoms with E-state index in [-0.39, 0.29) is 0 Å². The zero-order valence-corrected chi connectivity index (χ0v) is 25.7. The summed E-state index contributed by atoms with van der Waals surface area (Å²) in [5, 5.41) is 9.98. The Labute approximate surface area is 206 Å². The minimum absolute atomic E-state index is 0.312. The van der Waals surface area contributed by atoms with Gasteiger partial charge >= 0.3 is 207 Å². The van der Waals surface area contributed by atoms with E-state index in [1.165, 1.54) is 21.9 Å². The summed E-state index contributed by atoms with van der Waals surface area (Å²) in [6.07, 6.45) is 8.11. The molecule has 0 N–H and O–H groups in total. The van der Waals surface area contributed by atoms with Gasteiger partial charge in [0.25, 0.3) is 0 Å². The molecule has 0 saturated heterocycles. The van der Waals surface area contributed by atoms with Crippen LogP contribution in [0.15, 0.2) is 84.1 Å². The van der Waals surface area contributed by atoms with Crippen molar-refractivity contribution in [1.29, 1.82) is 0 Å². The predicted octanol–water partition coefficient (Wildman–Crippen LogP) is 9.57. The fourth-order valence-electron chi connectivity index (χ4n) is 6.56. The second-order valence-electron chi connectivity index (χ2n) is 12.5. The molecule has 0 spiro atoms. The maximum atomic E-state index is 2.83. The molecule has 2 aliphatic rings. The molecule has 0 fully saturated rings. The van der Waals surface area contributed by atoms with Gasteiger partial charge in [-0.15, -0.1) is 0 Å². The Hall–Kier alpha value is -1.43. The van der Waals surface area contributed by atoms with Gasteiger partial charge in [-0.1, -0.05) is 0 Å². The summed E-state index contributed by atoms with van der Waals surface area (Å²) >= 11 is -2.78. The van der Waals surface area contributed by atoms with E-state index in [0.717, 1.165) is 0 Å². The van der Waals surface area contributed by atoms with Gasteiger partial charge in [0.05, 0.1) is 0 Å². The normalized spacial score (nSPS) is 22.4. The van der Waals surface area contributed by atoms with Gasteiger partial charge in [0.2, 0.25) is 0 Å². The SMILES string of the molecule is C[Si](C)(C)C1=C[C]([Si](C)(C)C)([Nb]([CH3])([CH3])[CH]2c3ccccc3-c3c2ccc2ccccc32)C=C1. The summed E-state index contributed by atoms with van der Waals surface area (Å²) in [6.45, 7) is 15.4. The Morgan fingerprint density at radius 2 is 1.42 bits per heavy atom. The van der Waals surface area contributed by atoms with Crippen LogP contribution in [-0.2, 0) is 17.1 Å². The van der Waals surface area contributed by atoms with Crippen molar-refractivity contribution in [1.82, 2.24) is 0 Å². The molecule has 3 aromatic rings. The monoisotopic (exact) mass is 547 g/mol. The number of benzene rings is 3. The first-order valence-corrected chi connectivity index (χ1v) is 26.0. The molecule has 0 radical (unpaired) electrons. The van der Waals surface area contributed by atoms with Crippen LogP contribution in [0.5, 0.6) is 0 Å². The fraction of sp³-hybridized carbons (Fsp3) is 0.333. The van der Waals surface area contributed by atoms with Crippen LogP contribution in [-0.4, -0.2) is 16.1 Å². The van der Waals surface area contributed by atoms with Gasteiger partial charge in [-0.05, 0) is 0 Å². The molecule has 2 aliphatic carbocycles. The van der Waals surface area contributed by atoms with Crippen molar-refractivity contribution in [2.24, 2.45) is 0 Å². The number of allylic oxidation sites excluding steroid dienone is 4. The van der Waals surface area contributed by atoms with E-state index in [9.17, 15) is 0 Å². The van der Waals surface area contributed by atoms with Crippen molar-refractivity contribution in [3.8, 4) is 11.1 Å². The number of fused-ring (bicyclic) bond motifs is 5. The van der Waals surface area contributed by atoms with Gasteiger partial charge in [-0.25, -0.2) is 0 Å². The molecule has 0 aromatic heterocycles. The van der Waals surface area contributed by atoms with Crippen LogP contribution in [0.2, 0.25) is 52.8 Å². The topological polar surface area (TPSA) is 0 Å². The zero-order valence-electron chi connectivity index (χ0n) is 21.5. The molecule has 3 aromatic carbocycles. The Morgan fingerprint density at radius 1 is 0.758 bits per heavy atom. The molecule has 5 rings (SSSR count). The summed E-state index contributed by atoms with van der Waals surface area (Å²) in [5.74, 6) is 0. The van der Waals surface area contributed by atoms with Crippen LogP contribution in [0, 0.1) is 0 Å². The Morgan fingerprint density at radius 3 is 2.09 bits per heavy atom. The first-order chi connectivity index (χ1) is 15.4. The number of hydrogen-bond acceptors (Lipinski definition) is 0. The predicted molar refractivity (Wildman–Crippen MR) is 150 cm³/mol. The van der Waals surface area contributed by atoms with Gasteiger partial charge < -0.3 is 0 Å². The third-order valence-electron chi connectivity index (χ3n) is 8.34. The molecule has 0 saturated carbocycles. The summed E-state index contributed by atoms with van der Waals surface area (Å²) in [4.78, 5) is 0.